The van der Waals surface area contributed by atoms with Crippen molar-refractivity contribution in [2.75, 3.05) is 0 Å². The van der Waals surface area contributed by atoms with Gasteiger partial charge in [-0.05, 0) is 19.9 Å². The Kier molecular flexibility index (Phi) is 3.48. The molecule has 0 spiro atoms. The average Bonchev–Trinajstić information content (AvgIpc) is 2.85. The van der Waals surface area contributed by atoms with E-state index in [0.29, 0.717) is 0 Å². The fraction of sp³-hybridized carbons (Fsp3) is 0.176. The van der Waals surface area contributed by atoms with Crippen LogP contribution in [0.5, 0.6) is 0 Å². The number of fused-ring (bicyclic) bond motifs is 3. The van der Waals surface area contributed by atoms with Crippen LogP contribution < -0.4 is 0 Å². The lowest BCUT2D eigenvalue weighted by Gasteiger charge is -2.15. The van der Waals surface area contributed by atoms with Crippen molar-refractivity contribution in [3.8, 4) is 6.07 Å². The van der Waals surface area contributed by atoms with Crippen molar-refractivity contribution in [2.24, 2.45) is 0 Å². The van der Waals surface area contributed by atoms with Crippen LogP contribution in [0, 0.1) is 11.3 Å². The zero-order valence-electron chi connectivity index (χ0n) is 11.8. The number of nitrogens with one attached hydrogen (secondary N) is 1. The highest BCUT2D eigenvalue weighted by Gasteiger charge is 2.22. The Morgan fingerprint density at radius 2 is 1.86 bits per heavy atom. The minimum Gasteiger partial charge on any atom is -0.354 e. The molecule has 0 bridgehead atoms. The Balaban J connectivity index is 2.16. The molecule has 2 aromatic carbocycles. The largest absolute Gasteiger partial charge is 0.354 e. The number of para-hydroxylation sites is 2. The predicted octanol–water partition coefficient (Wildman–Crippen LogP) is 5.03. The molecule has 0 atom stereocenters. The summed E-state index contributed by atoms with van der Waals surface area (Å²) in [4.78, 5) is 3.45. The van der Waals surface area contributed by atoms with E-state index in [1.807, 2.05) is 38.1 Å². The smallest absolute Gasteiger partial charge is 0.102 e. The molecular weight excluding hydrogens is 296 g/mol. The summed E-state index contributed by atoms with van der Waals surface area (Å²) in [6.45, 7) is 3.77. The minimum absolute atomic E-state index is 0.523. The molecule has 104 valence electrons. The van der Waals surface area contributed by atoms with Crippen LogP contribution in [0.3, 0.4) is 0 Å². The number of thiocarbonyl (C=S) groups is 1. The standard InChI is InChI=1S/C17H14N2S2/c1-17(2,10-18)21-16(20)13-8-5-7-12-11-6-3-4-9-14(11)19-15(12)13/h3-9,19H,1-2H3. The molecule has 2 nitrogen and oxygen atoms in total. The van der Waals surface area contributed by atoms with Crippen LogP contribution in [0.4, 0.5) is 0 Å². The third-order valence-electron chi connectivity index (χ3n) is 3.38. The van der Waals surface area contributed by atoms with Gasteiger partial charge in [-0.3, -0.25) is 0 Å². The van der Waals surface area contributed by atoms with Crippen LogP contribution in [-0.4, -0.2) is 13.9 Å². The molecule has 0 radical (unpaired) electrons. The third kappa shape index (κ3) is 2.55. The maximum absolute atomic E-state index is 9.18. The van der Waals surface area contributed by atoms with Gasteiger partial charge < -0.3 is 4.98 Å². The van der Waals surface area contributed by atoms with Crippen molar-refractivity contribution < 1.29 is 0 Å². The van der Waals surface area contributed by atoms with Crippen molar-refractivity contribution in [1.82, 2.24) is 4.98 Å². The van der Waals surface area contributed by atoms with Crippen LogP contribution >= 0.6 is 24.0 Å². The minimum atomic E-state index is -0.523. The van der Waals surface area contributed by atoms with Gasteiger partial charge in [-0.1, -0.05) is 60.4 Å². The SMILES string of the molecule is CC(C)(C#N)SC(=S)c1cccc2c1[nH]c1ccccc12. The summed E-state index contributed by atoms with van der Waals surface area (Å²) in [6, 6.07) is 16.6. The number of H-pyrrole nitrogens is 1. The fourth-order valence-corrected chi connectivity index (χ4v) is 3.94. The van der Waals surface area contributed by atoms with Gasteiger partial charge in [0.25, 0.3) is 0 Å². The van der Waals surface area contributed by atoms with Gasteiger partial charge in [-0.2, -0.15) is 5.26 Å². The molecule has 1 heterocycles. The number of benzene rings is 2. The summed E-state index contributed by atoms with van der Waals surface area (Å²) in [5.41, 5.74) is 3.14. The monoisotopic (exact) mass is 310 g/mol. The van der Waals surface area contributed by atoms with E-state index in [-0.39, 0.29) is 0 Å². The number of nitrogens with zero attached hydrogens (tertiary/aromatic N) is 1. The highest BCUT2D eigenvalue weighted by atomic mass is 32.2. The Morgan fingerprint density at radius 1 is 1.14 bits per heavy atom. The zero-order valence-corrected chi connectivity index (χ0v) is 13.4. The predicted molar refractivity (Wildman–Crippen MR) is 94.8 cm³/mol. The lowest BCUT2D eigenvalue weighted by atomic mass is 10.1. The van der Waals surface area contributed by atoms with E-state index in [2.05, 4.69) is 29.3 Å². The fourth-order valence-electron chi connectivity index (χ4n) is 2.35. The van der Waals surface area contributed by atoms with Gasteiger partial charge in [0.05, 0.1) is 15.8 Å². The van der Waals surface area contributed by atoms with E-state index in [1.165, 1.54) is 22.5 Å². The molecule has 21 heavy (non-hydrogen) atoms. The van der Waals surface area contributed by atoms with Gasteiger partial charge in [-0.25, -0.2) is 0 Å². The molecule has 0 saturated heterocycles. The number of nitriles is 1. The second kappa shape index (κ2) is 5.18. The molecule has 0 aliphatic heterocycles. The van der Waals surface area contributed by atoms with Gasteiger partial charge in [0.1, 0.15) is 4.75 Å². The Labute approximate surface area is 133 Å². The van der Waals surface area contributed by atoms with Crippen LogP contribution in [-0.2, 0) is 0 Å². The van der Waals surface area contributed by atoms with E-state index >= 15 is 0 Å². The molecule has 0 fully saturated rings. The van der Waals surface area contributed by atoms with E-state index in [0.717, 1.165) is 20.8 Å². The highest BCUT2D eigenvalue weighted by molar-refractivity contribution is 8.24. The van der Waals surface area contributed by atoms with Crippen LogP contribution in [0.15, 0.2) is 42.5 Å². The Hall–Kier alpha value is -1.83. The first kappa shape index (κ1) is 14.1. The molecule has 4 heteroatoms. The molecule has 3 aromatic rings. The van der Waals surface area contributed by atoms with Crippen LogP contribution in [0.25, 0.3) is 21.8 Å². The first-order chi connectivity index (χ1) is 10.0. The van der Waals surface area contributed by atoms with Gasteiger partial charge in [-0.15, -0.1) is 0 Å². The first-order valence-corrected chi connectivity index (χ1v) is 7.88. The third-order valence-corrected chi connectivity index (χ3v) is 4.86. The summed E-state index contributed by atoms with van der Waals surface area (Å²) < 4.78 is 0.226. The Bertz CT molecular complexity index is 885. The number of aromatic nitrogens is 1. The van der Waals surface area contributed by atoms with Crippen LogP contribution in [0.2, 0.25) is 0 Å². The normalized spacial score (nSPS) is 11.7. The lowest BCUT2D eigenvalue weighted by molar-refractivity contribution is 0.921. The summed E-state index contributed by atoms with van der Waals surface area (Å²) in [6.07, 6.45) is 0. The van der Waals surface area contributed by atoms with E-state index in [1.54, 1.807) is 0 Å². The molecule has 0 aliphatic carbocycles. The average molecular weight is 310 g/mol. The molecule has 0 unspecified atom stereocenters. The second-order valence-electron chi connectivity index (χ2n) is 5.41. The van der Waals surface area contributed by atoms with Gasteiger partial charge >= 0.3 is 0 Å². The van der Waals surface area contributed by atoms with Gasteiger partial charge in [0, 0.05) is 21.9 Å². The number of hydrogen-bond acceptors (Lipinski definition) is 3. The van der Waals surface area contributed by atoms with Crippen LogP contribution in [0.1, 0.15) is 19.4 Å². The number of aromatic amines is 1. The zero-order chi connectivity index (χ0) is 15.0. The summed E-state index contributed by atoms with van der Waals surface area (Å²) in [5, 5.41) is 11.5. The van der Waals surface area contributed by atoms with Crippen molar-refractivity contribution in [2.45, 2.75) is 18.6 Å². The number of thioether (sulfide) groups is 1. The maximum Gasteiger partial charge on any atom is 0.102 e. The Morgan fingerprint density at radius 3 is 2.62 bits per heavy atom. The second-order valence-corrected chi connectivity index (χ2v) is 7.71. The molecule has 0 saturated carbocycles. The first-order valence-electron chi connectivity index (χ1n) is 6.66. The molecule has 1 N–H and O–H groups in total. The number of rotatable bonds is 2. The molecular formula is C17H14N2S2. The topological polar surface area (TPSA) is 39.6 Å². The van der Waals surface area contributed by atoms with E-state index in [4.69, 9.17) is 12.2 Å². The van der Waals surface area contributed by atoms with Gasteiger partial charge in [0.15, 0.2) is 0 Å². The summed E-state index contributed by atoms with van der Waals surface area (Å²) in [5.74, 6) is 0. The quantitative estimate of drug-likeness (QED) is 0.675. The molecule has 0 aliphatic rings. The van der Waals surface area contributed by atoms with Crippen molar-refractivity contribution in [3.63, 3.8) is 0 Å². The summed E-state index contributed by atoms with van der Waals surface area (Å²) in [7, 11) is 0. The number of hydrogen-bond donors (Lipinski definition) is 1. The van der Waals surface area contributed by atoms with E-state index in [9.17, 15) is 5.26 Å². The van der Waals surface area contributed by atoms with E-state index < -0.39 is 4.75 Å². The summed E-state index contributed by atoms with van der Waals surface area (Å²) >= 11 is 6.99. The molecule has 3 rings (SSSR count). The van der Waals surface area contributed by atoms with Crippen molar-refractivity contribution in [1.29, 1.82) is 5.26 Å². The highest BCUT2D eigenvalue weighted by Crippen LogP contribution is 2.33. The maximum atomic E-state index is 9.18. The van der Waals surface area contributed by atoms with Crippen molar-refractivity contribution >= 4 is 50.0 Å². The molecule has 1 aromatic heterocycles. The van der Waals surface area contributed by atoms with Gasteiger partial charge in [0.2, 0.25) is 0 Å². The lowest BCUT2D eigenvalue weighted by Crippen LogP contribution is -2.14. The molecule has 0 amide bonds. The van der Waals surface area contributed by atoms with Crippen molar-refractivity contribution in [3.05, 3.63) is 48.0 Å².